The molecule has 1 aromatic rings. The molecule has 0 radical (unpaired) electrons. The number of hydrogen-bond acceptors (Lipinski definition) is 3. The number of benzene rings is 1. The smallest absolute Gasteiger partial charge is 0.299 e. The molecule has 0 bridgehead atoms. The number of ether oxygens (including phenoxy) is 1. The van der Waals surface area contributed by atoms with Gasteiger partial charge in [0.2, 0.25) is 5.91 Å². The number of nitrogens with zero attached hydrogens (tertiary/aromatic N) is 2. The van der Waals surface area contributed by atoms with Crippen LogP contribution in [-0.4, -0.2) is 29.5 Å². The lowest BCUT2D eigenvalue weighted by molar-refractivity contribution is -0.132. The molecule has 1 amide bonds. The second-order valence-corrected chi connectivity index (χ2v) is 5.99. The van der Waals surface area contributed by atoms with Gasteiger partial charge in [-0.2, -0.15) is 4.99 Å². The quantitative estimate of drug-likeness (QED) is 0.777. The highest BCUT2D eigenvalue weighted by molar-refractivity contribution is 5.97. The normalized spacial score (nSPS) is 21.0. The third kappa shape index (κ3) is 3.56. The highest BCUT2D eigenvalue weighted by Crippen LogP contribution is 2.25. The van der Waals surface area contributed by atoms with Crippen LogP contribution in [0.2, 0.25) is 0 Å². The fraction of sp³-hybridized carbons (Fsp3) is 0.444. The SMILES string of the molecule is C=CC[C@@H](C)C(=O)N1C(=Nc2ccccc2)OC[C@@H]1C(C)C. The third-order valence-corrected chi connectivity index (χ3v) is 3.85. The molecule has 0 unspecified atom stereocenters. The lowest BCUT2D eigenvalue weighted by atomic mass is 10.0. The number of carbonyl (C=O) groups excluding carboxylic acids is 1. The number of para-hydroxylation sites is 1. The van der Waals surface area contributed by atoms with Gasteiger partial charge in [0, 0.05) is 5.92 Å². The Morgan fingerprint density at radius 3 is 2.68 bits per heavy atom. The average Bonchev–Trinajstić information content (AvgIpc) is 2.91. The van der Waals surface area contributed by atoms with Crippen LogP contribution in [0.1, 0.15) is 27.2 Å². The molecule has 1 aliphatic rings. The van der Waals surface area contributed by atoms with E-state index in [1.165, 1.54) is 0 Å². The lowest BCUT2D eigenvalue weighted by Gasteiger charge is -2.26. The van der Waals surface area contributed by atoms with E-state index in [9.17, 15) is 4.79 Å². The van der Waals surface area contributed by atoms with Crippen LogP contribution in [-0.2, 0) is 9.53 Å². The number of rotatable bonds is 5. The fourth-order valence-electron chi connectivity index (χ4n) is 2.48. The van der Waals surface area contributed by atoms with Gasteiger partial charge in [-0.25, -0.2) is 0 Å². The van der Waals surface area contributed by atoms with E-state index in [-0.39, 0.29) is 17.9 Å². The van der Waals surface area contributed by atoms with Gasteiger partial charge >= 0.3 is 0 Å². The molecule has 0 N–H and O–H groups in total. The van der Waals surface area contributed by atoms with Gasteiger partial charge in [-0.3, -0.25) is 9.69 Å². The van der Waals surface area contributed by atoms with E-state index >= 15 is 0 Å². The summed E-state index contributed by atoms with van der Waals surface area (Å²) < 4.78 is 5.72. The minimum absolute atomic E-state index is 0.0298. The molecule has 1 fully saturated rings. The van der Waals surface area contributed by atoms with E-state index in [4.69, 9.17) is 4.74 Å². The van der Waals surface area contributed by atoms with Crippen molar-refractivity contribution in [2.45, 2.75) is 33.2 Å². The Balaban J connectivity index is 2.30. The van der Waals surface area contributed by atoms with E-state index in [1.54, 1.807) is 11.0 Å². The van der Waals surface area contributed by atoms with Crippen molar-refractivity contribution in [2.75, 3.05) is 6.61 Å². The molecule has 1 saturated heterocycles. The number of amides is 1. The number of aliphatic imine (C=N–C) groups is 1. The Hall–Kier alpha value is -2.10. The fourth-order valence-corrected chi connectivity index (χ4v) is 2.48. The molecule has 4 heteroatoms. The summed E-state index contributed by atoms with van der Waals surface area (Å²) >= 11 is 0. The van der Waals surface area contributed by atoms with Crippen LogP contribution < -0.4 is 0 Å². The van der Waals surface area contributed by atoms with Gasteiger partial charge in [0.05, 0.1) is 11.7 Å². The Kier molecular flexibility index (Phi) is 5.36. The first-order valence-electron chi connectivity index (χ1n) is 7.75. The van der Waals surface area contributed by atoms with Gasteiger partial charge in [-0.15, -0.1) is 6.58 Å². The number of hydrogen-bond donors (Lipinski definition) is 0. The summed E-state index contributed by atoms with van der Waals surface area (Å²) in [4.78, 5) is 19.0. The molecule has 0 aromatic heterocycles. The summed E-state index contributed by atoms with van der Waals surface area (Å²) in [5, 5.41) is 0. The second kappa shape index (κ2) is 7.25. The zero-order chi connectivity index (χ0) is 16.1. The van der Waals surface area contributed by atoms with Crippen molar-refractivity contribution in [1.29, 1.82) is 0 Å². The maximum Gasteiger partial charge on any atom is 0.299 e. The maximum absolute atomic E-state index is 12.8. The second-order valence-electron chi connectivity index (χ2n) is 5.99. The molecule has 2 rings (SSSR count). The van der Waals surface area contributed by atoms with Gasteiger partial charge < -0.3 is 4.74 Å². The van der Waals surface area contributed by atoms with Crippen LogP contribution in [0.15, 0.2) is 48.0 Å². The molecule has 1 aromatic carbocycles. The Morgan fingerprint density at radius 1 is 1.41 bits per heavy atom. The maximum atomic E-state index is 12.8. The standard InChI is InChI=1S/C18H24N2O2/c1-5-9-14(4)17(21)20-16(13(2)3)12-22-18(20)19-15-10-7-6-8-11-15/h5-8,10-11,13-14,16H,1,9,12H2,2-4H3/t14-,16-/m1/s1. The molecule has 1 heterocycles. The first-order valence-corrected chi connectivity index (χ1v) is 7.75. The van der Waals surface area contributed by atoms with Crippen LogP contribution in [0.5, 0.6) is 0 Å². The molecule has 118 valence electrons. The number of carbonyl (C=O) groups is 1. The summed E-state index contributed by atoms with van der Waals surface area (Å²) in [6.07, 6.45) is 2.43. The Morgan fingerprint density at radius 2 is 2.09 bits per heavy atom. The van der Waals surface area contributed by atoms with E-state index in [0.29, 0.717) is 25.0 Å². The number of allylic oxidation sites excluding steroid dienone is 1. The van der Waals surface area contributed by atoms with Gasteiger partial charge in [0.25, 0.3) is 6.02 Å². The van der Waals surface area contributed by atoms with Crippen molar-refractivity contribution in [3.8, 4) is 0 Å². The van der Waals surface area contributed by atoms with Crippen molar-refractivity contribution in [3.05, 3.63) is 43.0 Å². The van der Waals surface area contributed by atoms with E-state index in [1.807, 2.05) is 37.3 Å². The summed E-state index contributed by atoms with van der Waals surface area (Å²) in [5.41, 5.74) is 0.788. The van der Waals surface area contributed by atoms with Crippen molar-refractivity contribution in [3.63, 3.8) is 0 Å². The molecular weight excluding hydrogens is 276 g/mol. The van der Waals surface area contributed by atoms with Gasteiger partial charge in [-0.1, -0.05) is 45.0 Å². The zero-order valence-corrected chi connectivity index (χ0v) is 13.5. The molecule has 0 aliphatic carbocycles. The minimum atomic E-state index is -0.124. The van der Waals surface area contributed by atoms with Crippen LogP contribution in [0, 0.1) is 11.8 Å². The Bertz CT molecular complexity index is 551. The predicted molar refractivity (Wildman–Crippen MR) is 88.9 cm³/mol. The van der Waals surface area contributed by atoms with Crippen LogP contribution >= 0.6 is 0 Å². The molecular formula is C18H24N2O2. The zero-order valence-electron chi connectivity index (χ0n) is 13.5. The van der Waals surface area contributed by atoms with Crippen molar-refractivity contribution in [2.24, 2.45) is 16.8 Å². The molecule has 4 nitrogen and oxygen atoms in total. The van der Waals surface area contributed by atoms with Crippen LogP contribution in [0.3, 0.4) is 0 Å². The lowest BCUT2D eigenvalue weighted by Crippen LogP contribution is -2.44. The largest absolute Gasteiger partial charge is 0.462 e. The van der Waals surface area contributed by atoms with Crippen molar-refractivity contribution < 1.29 is 9.53 Å². The van der Waals surface area contributed by atoms with Crippen LogP contribution in [0.4, 0.5) is 5.69 Å². The highest BCUT2D eigenvalue weighted by atomic mass is 16.5. The summed E-state index contributed by atoms with van der Waals surface area (Å²) in [6, 6.07) is 10.0. The van der Waals surface area contributed by atoms with E-state index in [0.717, 1.165) is 5.69 Å². The third-order valence-electron chi connectivity index (χ3n) is 3.85. The van der Waals surface area contributed by atoms with E-state index < -0.39 is 0 Å². The molecule has 2 atom stereocenters. The molecule has 0 spiro atoms. The van der Waals surface area contributed by atoms with Gasteiger partial charge in [0.1, 0.15) is 6.61 Å². The van der Waals surface area contributed by atoms with Crippen LogP contribution in [0.25, 0.3) is 0 Å². The minimum Gasteiger partial charge on any atom is -0.462 e. The monoisotopic (exact) mass is 300 g/mol. The Labute approximate surface area is 132 Å². The summed E-state index contributed by atoms with van der Waals surface area (Å²) in [5.74, 6) is 0.232. The van der Waals surface area contributed by atoms with Crippen molar-refractivity contribution >= 4 is 17.6 Å². The molecule has 1 aliphatic heterocycles. The topological polar surface area (TPSA) is 41.9 Å². The number of amidine groups is 1. The summed E-state index contributed by atoms with van der Waals surface area (Å²) in [6.45, 7) is 10.3. The average molecular weight is 300 g/mol. The molecule has 22 heavy (non-hydrogen) atoms. The summed E-state index contributed by atoms with van der Waals surface area (Å²) in [7, 11) is 0. The highest BCUT2D eigenvalue weighted by Gasteiger charge is 2.39. The van der Waals surface area contributed by atoms with Gasteiger partial charge in [0.15, 0.2) is 0 Å². The van der Waals surface area contributed by atoms with E-state index in [2.05, 4.69) is 25.4 Å². The first kappa shape index (κ1) is 16.3. The predicted octanol–water partition coefficient (Wildman–Crippen LogP) is 3.77. The van der Waals surface area contributed by atoms with Gasteiger partial charge in [-0.05, 0) is 24.5 Å². The first-order chi connectivity index (χ1) is 10.5. The molecule has 0 saturated carbocycles. The van der Waals surface area contributed by atoms with Crippen molar-refractivity contribution in [1.82, 2.24) is 4.90 Å².